The Kier molecular flexibility index (Phi) is 4.45. The zero-order chi connectivity index (χ0) is 13.1. The summed E-state index contributed by atoms with van der Waals surface area (Å²) in [4.78, 5) is 0. The lowest BCUT2D eigenvalue weighted by molar-refractivity contribution is 0.109. The number of benzene rings is 1. The number of hydrogen-bond acceptors (Lipinski definition) is 5. The van der Waals surface area contributed by atoms with Crippen LogP contribution in [0.25, 0.3) is 0 Å². The molecule has 2 atom stereocenters. The Bertz CT molecular complexity index is 427. The van der Waals surface area contributed by atoms with Crippen LogP contribution in [0.3, 0.4) is 0 Å². The summed E-state index contributed by atoms with van der Waals surface area (Å²) >= 11 is 3.39. The third-order valence-electron chi connectivity index (χ3n) is 2.78. The Balaban J connectivity index is 2.34. The van der Waals surface area contributed by atoms with Crippen LogP contribution in [0, 0.1) is 0 Å². The maximum absolute atomic E-state index is 9.98. The monoisotopic (exact) mass is 317 g/mol. The molecule has 100 valence electrons. The molecule has 0 spiro atoms. The molecule has 0 saturated heterocycles. The summed E-state index contributed by atoms with van der Waals surface area (Å²) < 4.78 is 11.8. The topological polar surface area (TPSA) is 84.9 Å². The number of halogens is 1. The number of aliphatic hydroxyl groups excluding tert-OH is 2. The second-order valence-electron chi connectivity index (χ2n) is 4.17. The van der Waals surface area contributed by atoms with Crippen molar-refractivity contribution < 1.29 is 19.7 Å². The predicted octanol–water partition coefficient (Wildman–Crippen LogP) is 0.963. The highest BCUT2D eigenvalue weighted by atomic mass is 79.9. The number of rotatable bonds is 3. The highest BCUT2D eigenvalue weighted by Crippen LogP contribution is 2.39. The van der Waals surface area contributed by atoms with Gasteiger partial charge >= 0.3 is 0 Å². The number of nitrogens with two attached hydrogens (primary N) is 1. The van der Waals surface area contributed by atoms with E-state index >= 15 is 0 Å². The molecule has 1 heterocycles. The van der Waals surface area contributed by atoms with Crippen molar-refractivity contribution in [1.82, 2.24) is 0 Å². The van der Waals surface area contributed by atoms with Gasteiger partial charge in [-0.05, 0) is 33.6 Å². The van der Waals surface area contributed by atoms with Gasteiger partial charge in [-0.25, -0.2) is 0 Å². The van der Waals surface area contributed by atoms with Gasteiger partial charge in [-0.1, -0.05) is 0 Å². The molecule has 2 unspecified atom stereocenters. The largest absolute Gasteiger partial charge is 0.490 e. The van der Waals surface area contributed by atoms with E-state index in [9.17, 15) is 5.11 Å². The Morgan fingerprint density at radius 1 is 1.33 bits per heavy atom. The molecule has 0 fully saturated rings. The van der Waals surface area contributed by atoms with Crippen molar-refractivity contribution >= 4 is 15.9 Å². The highest BCUT2D eigenvalue weighted by molar-refractivity contribution is 9.10. The maximum atomic E-state index is 9.98. The lowest BCUT2D eigenvalue weighted by Gasteiger charge is -2.19. The maximum Gasteiger partial charge on any atom is 0.175 e. The minimum absolute atomic E-state index is 0.284. The molecular formula is C12H16BrNO4. The first-order chi connectivity index (χ1) is 8.63. The van der Waals surface area contributed by atoms with E-state index in [1.54, 1.807) is 12.1 Å². The molecule has 0 amide bonds. The van der Waals surface area contributed by atoms with E-state index < -0.39 is 12.1 Å². The number of aliphatic hydroxyl groups is 2. The van der Waals surface area contributed by atoms with Crippen LogP contribution in [0.15, 0.2) is 16.6 Å². The smallest absolute Gasteiger partial charge is 0.175 e. The van der Waals surface area contributed by atoms with Gasteiger partial charge in [0.15, 0.2) is 11.5 Å². The molecule has 6 heteroatoms. The summed E-state index contributed by atoms with van der Waals surface area (Å²) in [7, 11) is 0. The van der Waals surface area contributed by atoms with Crippen LogP contribution in [-0.2, 0) is 0 Å². The second kappa shape index (κ2) is 5.88. The SMILES string of the molecule is NC(CO)C(O)c1cc(Br)c2c(c1)OCCCO2. The molecule has 1 aliphatic rings. The molecule has 4 N–H and O–H groups in total. The zero-order valence-electron chi connectivity index (χ0n) is 9.80. The second-order valence-corrected chi connectivity index (χ2v) is 5.03. The number of fused-ring (bicyclic) bond motifs is 1. The summed E-state index contributed by atoms with van der Waals surface area (Å²) in [6, 6.07) is 2.71. The van der Waals surface area contributed by atoms with Gasteiger partial charge in [-0.3, -0.25) is 0 Å². The van der Waals surface area contributed by atoms with Crippen molar-refractivity contribution in [2.24, 2.45) is 5.73 Å². The van der Waals surface area contributed by atoms with Crippen molar-refractivity contribution in [3.8, 4) is 11.5 Å². The quantitative estimate of drug-likeness (QED) is 0.773. The van der Waals surface area contributed by atoms with Crippen LogP contribution in [0.4, 0.5) is 0 Å². The molecule has 0 aromatic heterocycles. The summed E-state index contributed by atoms with van der Waals surface area (Å²) in [5.74, 6) is 1.22. The lowest BCUT2D eigenvalue weighted by Crippen LogP contribution is -2.31. The van der Waals surface area contributed by atoms with Gasteiger partial charge < -0.3 is 25.4 Å². The van der Waals surface area contributed by atoms with Gasteiger partial charge in [0, 0.05) is 6.42 Å². The van der Waals surface area contributed by atoms with Gasteiger partial charge in [-0.2, -0.15) is 0 Å². The van der Waals surface area contributed by atoms with Gasteiger partial charge in [-0.15, -0.1) is 0 Å². The minimum Gasteiger partial charge on any atom is -0.490 e. The molecule has 1 aromatic rings. The Hall–Kier alpha value is -0.820. The molecule has 2 rings (SSSR count). The van der Waals surface area contributed by atoms with Gasteiger partial charge in [0.05, 0.1) is 36.4 Å². The van der Waals surface area contributed by atoms with E-state index in [2.05, 4.69) is 15.9 Å². The molecule has 18 heavy (non-hydrogen) atoms. The highest BCUT2D eigenvalue weighted by Gasteiger charge is 2.21. The molecule has 0 saturated carbocycles. The van der Waals surface area contributed by atoms with E-state index in [4.69, 9.17) is 20.3 Å². The minimum atomic E-state index is -0.941. The van der Waals surface area contributed by atoms with Crippen molar-refractivity contribution in [2.45, 2.75) is 18.6 Å². The van der Waals surface area contributed by atoms with Crippen molar-refractivity contribution in [2.75, 3.05) is 19.8 Å². The van der Waals surface area contributed by atoms with Crippen LogP contribution in [0.5, 0.6) is 11.5 Å². The average Bonchev–Trinajstić information content (AvgIpc) is 2.62. The lowest BCUT2D eigenvalue weighted by atomic mass is 10.0. The van der Waals surface area contributed by atoms with Crippen LogP contribution >= 0.6 is 15.9 Å². The summed E-state index contributed by atoms with van der Waals surface area (Å²) in [5.41, 5.74) is 6.21. The van der Waals surface area contributed by atoms with Crippen molar-refractivity contribution in [3.05, 3.63) is 22.2 Å². The fourth-order valence-corrected chi connectivity index (χ4v) is 2.34. The normalized spacial score (nSPS) is 18.0. The Morgan fingerprint density at radius 3 is 2.78 bits per heavy atom. The van der Waals surface area contributed by atoms with E-state index in [0.717, 1.165) is 6.42 Å². The fourth-order valence-electron chi connectivity index (χ4n) is 1.77. The Labute approximate surface area is 114 Å². The van der Waals surface area contributed by atoms with E-state index in [-0.39, 0.29) is 6.61 Å². The van der Waals surface area contributed by atoms with E-state index in [0.29, 0.717) is 34.7 Å². The predicted molar refractivity (Wildman–Crippen MR) is 69.8 cm³/mol. The molecule has 1 aliphatic heterocycles. The van der Waals surface area contributed by atoms with Crippen molar-refractivity contribution in [3.63, 3.8) is 0 Å². The summed E-state index contributed by atoms with van der Waals surface area (Å²) in [6.07, 6.45) is -0.127. The summed E-state index contributed by atoms with van der Waals surface area (Å²) in [6.45, 7) is 0.891. The first kappa shape index (κ1) is 13.6. The molecule has 5 nitrogen and oxygen atoms in total. The van der Waals surface area contributed by atoms with Crippen molar-refractivity contribution in [1.29, 1.82) is 0 Å². The van der Waals surface area contributed by atoms with E-state index in [1.807, 2.05) is 0 Å². The van der Waals surface area contributed by atoms with Gasteiger partial charge in [0.1, 0.15) is 0 Å². The Morgan fingerprint density at radius 2 is 2.06 bits per heavy atom. The molecule has 1 aromatic carbocycles. The third-order valence-corrected chi connectivity index (χ3v) is 3.37. The molecule has 0 aliphatic carbocycles. The van der Waals surface area contributed by atoms with Crippen LogP contribution in [0.1, 0.15) is 18.1 Å². The standard InChI is InChI=1S/C12H16BrNO4/c13-8-4-7(11(16)9(14)6-15)5-10-12(8)18-3-1-2-17-10/h4-5,9,11,15-16H,1-3,6,14H2. The van der Waals surface area contributed by atoms with Gasteiger partial charge in [0.2, 0.25) is 0 Å². The number of hydrogen-bond donors (Lipinski definition) is 3. The average molecular weight is 318 g/mol. The van der Waals surface area contributed by atoms with Crippen LogP contribution in [0.2, 0.25) is 0 Å². The fraction of sp³-hybridized carbons (Fsp3) is 0.500. The summed E-state index contributed by atoms with van der Waals surface area (Å²) in [5, 5.41) is 18.9. The molecular weight excluding hydrogens is 302 g/mol. The third kappa shape index (κ3) is 2.77. The first-order valence-electron chi connectivity index (χ1n) is 5.77. The van der Waals surface area contributed by atoms with E-state index in [1.165, 1.54) is 0 Å². The zero-order valence-corrected chi connectivity index (χ0v) is 11.4. The van der Waals surface area contributed by atoms with Crippen LogP contribution in [-0.4, -0.2) is 36.1 Å². The number of ether oxygens (including phenoxy) is 2. The van der Waals surface area contributed by atoms with Crippen LogP contribution < -0.4 is 15.2 Å². The molecule has 0 radical (unpaired) electrons. The van der Waals surface area contributed by atoms with Gasteiger partial charge in [0.25, 0.3) is 0 Å². The molecule has 0 bridgehead atoms. The first-order valence-corrected chi connectivity index (χ1v) is 6.56.